The molecule has 0 spiro atoms. The Morgan fingerprint density at radius 2 is 2.08 bits per heavy atom. The number of nitrogens with zero attached hydrogens (tertiary/aromatic N) is 1. The van der Waals surface area contributed by atoms with Crippen molar-refractivity contribution in [3.05, 3.63) is 51.7 Å². The lowest BCUT2D eigenvalue weighted by Crippen LogP contribution is -2.38. The molecule has 1 amide bonds. The van der Waals surface area contributed by atoms with Gasteiger partial charge in [-0.2, -0.15) is 0 Å². The first-order chi connectivity index (χ1) is 12.5. The van der Waals surface area contributed by atoms with Gasteiger partial charge >= 0.3 is 0 Å². The molecule has 0 bridgehead atoms. The number of aliphatic hydroxyl groups is 1. The summed E-state index contributed by atoms with van der Waals surface area (Å²) >= 11 is 1.60. The molecular formula is C21H26N2O2S. The van der Waals surface area contributed by atoms with Gasteiger partial charge in [-0.15, -0.1) is 11.3 Å². The van der Waals surface area contributed by atoms with Gasteiger partial charge in [0, 0.05) is 16.0 Å². The van der Waals surface area contributed by atoms with Gasteiger partial charge in [0.15, 0.2) is 0 Å². The van der Waals surface area contributed by atoms with Gasteiger partial charge in [0.05, 0.1) is 18.6 Å². The number of likely N-dealkylation sites (tertiary alicyclic amines) is 1. The van der Waals surface area contributed by atoms with Gasteiger partial charge in [-0.1, -0.05) is 26.0 Å². The van der Waals surface area contributed by atoms with E-state index >= 15 is 0 Å². The van der Waals surface area contributed by atoms with E-state index in [1.54, 1.807) is 11.3 Å². The normalized spacial score (nSPS) is 24.6. The maximum absolute atomic E-state index is 12.3. The van der Waals surface area contributed by atoms with E-state index in [-0.39, 0.29) is 17.4 Å². The lowest BCUT2D eigenvalue weighted by Gasteiger charge is -2.31. The molecule has 138 valence electrons. The minimum atomic E-state index is -0.423. The highest BCUT2D eigenvalue weighted by molar-refractivity contribution is 7.10. The van der Waals surface area contributed by atoms with Gasteiger partial charge in [0.2, 0.25) is 5.91 Å². The summed E-state index contributed by atoms with van der Waals surface area (Å²) in [7, 11) is 0. The molecule has 1 aromatic carbocycles. The van der Waals surface area contributed by atoms with Crippen LogP contribution >= 0.6 is 11.3 Å². The van der Waals surface area contributed by atoms with Crippen LogP contribution in [-0.2, 0) is 16.6 Å². The summed E-state index contributed by atoms with van der Waals surface area (Å²) in [6.45, 7) is 6.29. The average molecular weight is 371 g/mol. The smallest absolute Gasteiger partial charge is 0.229 e. The average Bonchev–Trinajstić information content (AvgIpc) is 3.31. The number of rotatable bonds is 4. The van der Waals surface area contributed by atoms with Gasteiger partial charge in [0.1, 0.15) is 0 Å². The number of benzene rings is 1. The molecule has 5 heteroatoms. The summed E-state index contributed by atoms with van der Waals surface area (Å²) in [5.74, 6) is 0.00271. The van der Waals surface area contributed by atoms with E-state index in [0.717, 1.165) is 23.7 Å². The summed E-state index contributed by atoms with van der Waals surface area (Å²) in [6.07, 6.45) is 2.36. The Morgan fingerprint density at radius 3 is 2.77 bits per heavy atom. The number of thiophene rings is 1. The Morgan fingerprint density at radius 1 is 1.31 bits per heavy atom. The molecule has 2 atom stereocenters. The Labute approximate surface area is 158 Å². The fourth-order valence-corrected chi connectivity index (χ4v) is 5.09. The van der Waals surface area contributed by atoms with E-state index in [1.807, 2.05) is 23.6 Å². The van der Waals surface area contributed by atoms with Crippen LogP contribution < -0.4 is 5.32 Å². The fourth-order valence-electron chi connectivity index (χ4n) is 4.39. The Bertz CT molecular complexity index is 794. The summed E-state index contributed by atoms with van der Waals surface area (Å²) in [4.78, 5) is 15.8. The Hall–Kier alpha value is -1.69. The predicted octanol–water partition coefficient (Wildman–Crippen LogP) is 3.72. The highest BCUT2D eigenvalue weighted by Gasteiger charge is 2.48. The van der Waals surface area contributed by atoms with Gasteiger partial charge in [-0.3, -0.25) is 9.69 Å². The Balaban J connectivity index is 1.59. The van der Waals surface area contributed by atoms with Gasteiger partial charge < -0.3 is 10.4 Å². The molecule has 4 rings (SSSR count). The van der Waals surface area contributed by atoms with E-state index in [0.29, 0.717) is 6.42 Å². The molecule has 2 unspecified atom stereocenters. The maximum Gasteiger partial charge on any atom is 0.229 e. The van der Waals surface area contributed by atoms with Crippen molar-refractivity contribution < 1.29 is 9.90 Å². The van der Waals surface area contributed by atoms with Crippen molar-refractivity contribution in [3.8, 4) is 0 Å². The van der Waals surface area contributed by atoms with E-state index < -0.39 is 6.10 Å². The Kier molecular flexibility index (Phi) is 4.63. The van der Waals surface area contributed by atoms with Crippen LogP contribution in [0, 0.1) is 0 Å². The number of carbonyl (C=O) groups excluding carboxylic acids is 1. The molecular weight excluding hydrogens is 344 g/mol. The van der Waals surface area contributed by atoms with Crippen LogP contribution in [0.15, 0.2) is 35.7 Å². The zero-order valence-electron chi connectivity index (χ0n) is 15.4. The third kappa shape index (κ3) is 3.08. The molecule has 2 aromatic rings. The van der Waals surface area contributed by atoms with Crippen LogP contribution in [0.1, 0.15) is 48.7 Å². The summed E-state index contributed by atoms with van der Waals surface area (Å²) in [5.41, 5.74) is 2.90. The van der Waals surface area contributed by atoms with Gasteiger partial charge in [-0.25, -0.2) is 0 Å². The van der Waals surface area contributed by atoms with Crippen molar-refractivity contribution in [2.75, 3.05) is 18.4 Å². The molecule has 2 aliphatic rings. The standard InChI is InChI=1S/C21H26N2O2S/c1-21(2)17-8-7-14(22-18(24)13-15-6-5-11-26-15)12-16(17)19(20(21)25)23-9-3-4-10-23/h5-8,11-12,19-20,25H,3-4,9-10,13H2,1-2H3,(H,22,24). The number of hydrogen-bond acceptors (Lipinski definition) is 4. The number of hydrogen-bond donors (Lipinski definition) is 2. The minimum Gasteiger partial charge on any atom is -0.390 e. The summed E-state index contributed by atoms with van der Waals surface area (Å²) in [6, 6.07) is 10.1. The number of anilines is 1. The lowest BCUT2D eigenvalue weighted by molar-refractivity contribution is -0.115. The zero-order chi connectivity index (χ0) is 18.3. The molecule has 0 saturated carbocycles. The molecule has 0 radical (unpaired) electrons. The topological polar surface area (TPSA) is 52.6 Å². The van der Waals surface area contributed by atoms with Crippen molar-refractivity contribution in [3.63, 3.8) is 0 Å². The molecule has 1 fully saturated rings. The van der Waals surface area contributed by atoms with Crippen LogP contribution in [0.3, 0.4) is 0 Å². The summed E-state index contributed by atoms with van der Waals surface area (Å²) in [5, 5.41) is 16.0. The fraction of sp³-hybridized carbons (Fsp3) is 0.476. The lowest BCUT2D eigenvalue weighted by atomic mass is 9.84. The van der Waals surface area contributed by atoms with Crippen molar-refractivity contribution >= 4 is 22.9 Å². The molecule has 1 aromatic heterocycles. The van der Waals surface area contributed by atoms with Gasteiger partial charge in [-0.05, 0) is 60.6 Å². The second kappa shape index (κ2) is 6.80. The third-order valence-electron chi connectivity index (χ3n) is 5.84. The van der Waals surface area contributed by atoms with E-state index in [1.165, 1.54) is 24.0 Å². The van der Waals surface area contributed by atoms with Crippen molar-refractivity contribution in [2.45, 2.75) is 50.7 Å². The first kappa shape index (κ1) is 17.7. The quantitative estimate of drug-likeness (QED) is 0.862. The molecule has 1 aliphatic heterocycles. The second-order valence-electron chi connectivity index (χ2n) is 7.96. The van der Waals surface area contributed by atoms with Gasteiger partial charge in [0.25, 0.3) is 0 Å². The second-order valence-corrected chi connectivity index (χ2v) is 8.99. The number of amides is 1. The third-order valence-corrected chi connectivity index (χ3v) is 6.71. The first-order valence-corrected chi connectivity index (χ1v) is 10.2. The number of aliphatic hydroxyl groups excluding tert-OH is 1. The molecule has 1 saturated heterocycles. The SMILES string of the molecule is CC1(C)c2ccc(NC(=O)Cc3cccs3)cc2C(N2CCCC2)C1O. The van der Waals surface area contributed by atoms with Crippen LogP contribution in [0.4, 0.5) is 5.69 Å². The number of carbonyl (C=O) groups is 1. The monoisotopic (exact) mass is 370 g/mol. The van der Waals surface area contributed by atoms with Crippen LogP contribution in [0.2, 0.25) is 0 Å². The largest absolute Gasteiger partial charge is 0.390 e. The predicted molar refractivity (Wildman–Crippen MR) is 106 cm³/mol. The number of fused-ring (bicyclic) bond motifs is 1. The first-order valence-electron chi connectivity index (χ1n) is 9.35. The zero-order valence-corrected chi connectivity index (χ0v) is 16.2. The van der Waals surface area contributed by atoms with Crippen LogP contribution in [0.25, 0.3) is 0 Å². The highest BCUT2D eigenvalue weighted by atomic mass is 32.1. The van der Waals surface area contributed by atoms with E-state index in [2.05, 4.69) is 36.2 Å². The van der Waals surface area contributed by atoms with Crippen LogP contribution in [0.5, 0.6) is 0 Å². The van der Waals surface area contributed by atoms with Crippen molar-refractivity contribution in [1.82, 2.24) is 4.90 Å². The molecule has 2 heterocycles. The minimum absolute atomic E-state index is 0.00271. The van der Waals surface area contributed by atoms with Crippen molar-refractivity contribution in [2.24, 2.45) is 0 Å². The summed E-state index contributed by atoms with van der Waals surface area (Å²) < 4.78 is 0. The van der Waals surface area contributed by atoms with Crippen molar-refractivity contribution in [1.29, 1.82) is 0 Å². The molecule has 2 N–H and O–H groups in total. The highest BCUT2D eigenvalue weighted by Crippen LogP contribution is 2.48. The number of nitrogens with one attached hydrogen (secondary N) is 1. The van der Waals surface area contributed by atoms with E-state index in [4.69, 9.17) is 0 Å². The van der Waals surface area contributed by atoms with E-state index in [9.17, 15) is 9.90 Å². The molecule has 1 aliphatic carbocycles. The maximum atomic E-state index is 12.3. The molecule has 4 nitrogen and oxygen atoms in total. The van der Waals surface area contributed by atoms with Crippen LogP contribution in [-0.4, -0.2) is 35.1 Å². The molecule has 26 heavy (non-hydrogen) atoms.